The Hall–Kier alpha value is -2.21. The van der Waals surface area contributed by atoms with Crippen molar-refractivity contribution in [2.75, 3.05) is 6.54 Å². The van der Waals surface area contributed by atoms with Crippen molar-refractivity contribution in [2.45, 2.75) is 11.4 Å². The van der Waals surface area contributed by atoms with Crippen LogP contribution in [0.25, 0.3) is 0 Å². The van der Waals surface area contributed by atoms with Crippen LogP contribution in [0.15, 0.2) is 35.5 Å². The van der Waals surface area contributed by atoms with Crippen LogP contribution in [0.5, 0.6) is 0 Å². The number of hydrogen-bond donors (Lipinski definition) is 2. The van der Waals surface area contributed by atoms with Gasteiger partial charge in [-0.1, -0.05) is 17.9 Å². The van der Waals surface area contributed by atoms with Crippen molar-refractivity contribution in [1.82, 2.24) is 19.5 Å². The fourth-order valence-electron chi connectivity index (χ4n) is 1.60. The maximum absolute atomic E-state index is 12.2. The lowest BCUT2D eigenvalue weighted by molar-refractivity contribution is 0.578. The predicted octanol–water partition coefficient (Wildman–Crippen LogP) is -0.396. The first-order valence-corrected chi connectivity index (χ1v) is 7.63. The molecule has 2 aromatic rings. The van der Waals surface area contributed by atoms with Gasteiger partial charge in [0, 0.05) is 12.6 Å². The van der Waals surface area contributed by atoms with Gasteiger partial charge in [-0.25, -0.2) is 18.1 Å². The number of benzene rings is 1. The normalized spacial score (nSPS) is 11.0. The van der Waals surface area contributed by atoms with Crippen molar-refractivity contribution >= 4 is 10.0 Å². The Morgan fingerprint density at radius 2 is 2.24 bits per heavy atom. The zero-order valence-electron chi connectivity index (χ0n) is 11.4. The van der Waals surface area contributed by atoms with Gasteiger partial charge in [0.05, 0.1) is 18.0 Å². The van der Waals surface area contributed by atoms with Gasteiger partial charge in [0.15, 0.2) is 5.82 Å². The number of nitrogens with one attached hydrogen (secondary N) is 1. The van der Waals surface area contributed by atoms with E-state index in [2.05, 4.69) is 26.6 Å². The topological polar surface area (TPSA) is 103 Å². The number of nitrogens with two attached hydrogens (primary N) is 1. The summed E-state index contributed by atoms with van der Waals surface area (Å²) in [5.41, 5.74) is 5.89. The second kappa shape index (κ2) is 6.49. The first kappa shape index (κ1) is 15.2. The fraction of sp³-hybridized carbons (Fsp3) is 0.231. The molecule has 0 aliphatic carbocycles. The molecule has 8 heteroatoms. The molecular weight excluding hydrogens is 290 g/mol. The molecule has 2 rings (SSSR count). The van der Waals surface area contributed by atoms with Crippen LogP contribution in [0, 0.1) is 11.8 Å². The van der Waals surface area contributed by atoms with Crippen LogP contribution in [-0.2, 0) is 23.6 Å². The van der Waals surface area contributed by atoms with Crippen LogP contribution >= 0.6 is 0 Å². The van der Waals surface area contributed by atoms with E-state index in [-0.39, 0.29) is 18.0 Å². The summed E-state index contributed by atoms with van der Waals surface area (Å²) in [6.07, 6.45) is 1.51. The molecule has 110 valence electrons. The first-order chi connectivity index (χ1) is 10.0. The van der Waals surface area contributed by atoms with E-state index in [1.165, 1.54) is 23.1 Å². The molecule has 0 radical (unpaired) electrons. The number of nitrogens with zero attached hydrogens (tertiary/aromatic N) is 3. The highest BCUT2D eigenvalue weighted by Gasteiger charge is 2.14. The molecule has 0 aliphatic heterocycles. The average Bonchev–Trinajstić information content (AvgIpc) is 2.89. The summed E-state index contributed by atoms with van der Waals surface area (Å²) in [4.78, 5) is 4.10. The highest BCUT2D eigenvalue weighted by atomic mass is 32.2. The van der Waals surface area contributed by atoms with Gasteiger partial charge in [-0.15, -0.1) is 0 Å². The first-order valence-electron chi connectivity index (χ1n) is 6.14. The minimum atomic E-state index is -3.64. The van der Waals surface area contributed by atoms with Crippen LogP contribution in [0.4, 0.5) is 0 Å². The Morgan fingerprint density at radius 1 is 1.43 bits per heavy atom. The van der Waals surface area contributed by atoms with Crippen molar-refractivity contribution in [3.05, 3.63) is 42.0 Å². The molecule has 0 atom stereocenters. The number of rotatable bonds is 4. The van der Waals surface area contributed by atoms with Gasteiger partial charge in [-0.2, -0.15) is 5.10 Å². The Bertz CT molecular complexity index is 786. The lowest BCUT2D eigenvalue weighted by atomic mass is 10.2. The van der Waals surface area contributed by atoms with Crippen LogP contribution < -0.4 is 10.5 Å². The maximum atomic E-state index is 12.2. The summed E-state index contributed by atoms with van der Waals surface area (Å²) in [5, 5.41) is 4.01. The van der Waals surface area contributed by atoms with E-state index in [1.54, 1.807) is 19.2 Å². The predicted molar refractivity (Wildman–Crippen MR) is 77.4 cm³/mol. The largest absolute Gasteiger partial charge is 0.320 e. The van der Waals surface area contributed by atoms with Crippen LogP contribution in [0.3, 0.4) is 0 Å². The molecule has 0 saturated heterocycles. The molecular formula is C13H15N5O2S. The number of aromatic nitrogens is 3. The molecule has 0 aliphatic rings. The van der Waals surface area contributed by atoms with Crippen molar-refractivity contribution in [1.29, 1.82) is 0 Å². The molecule has 1 aromatic heterocycles. The average molecular weight is 305 g/mol. The Kier molecular flexibility index (Phi) is 4.70. The molecule has 0 amide bonds. The van der Waals surface area contributed by atoms with E-state index in [1.807, 2.05) is 0 Å². The fourth-order valence-corrected chi connectivity index (χ4v) is 2.63. The van der Waals surface area contributed by atoms with Gasteiger partial charge in [-0.05, 0) is 18.2 Å². The van der Waals surface area contributed by atoms with E-state index in [0.717, 1.165) is 0 Å². The lowest BCUT2D eigenvalue weighted by Crippen LogP contribution is -2.24. The standard InChI is InChI=1S/C13H15N5O2S/c1-18-10-15-13(17-18)9-16-21(19,20)12-6-2-4-11(8-12)5-3-7-14/h2,4,6,8,10,16H,7,9,14H2,1H3. The van der Waals surface area contributed by atoms with Gasteiger partial charge in [0.25, 0.3) is 0 Å². The van der Waals surface area contributed by atoms with Crippen LogP contribution in [0.1, 0.15) is 11.4 Å². The number of sulfonamides is 1. The summed E-state index contributed by atoms with van der Waals surface area (Å²) in [6, 6.07) is 6.36. The third kappa shape index (κ3) is 4.13. The van der Waals surface area contributed by atoms with Gasteiger partial charge in [-0.3, -0.25) is 4.68 Å². The molecule has 3 N–H and O–H groups in total. The highest BCUT2D eigenvalue weighted by molar-refractivity contribution is 7.89. The van der Waals surface area contributed by atoms with Gasteiger partial charge >= 0.3 is 0 Å². The van der Waals surface area contributed by atoms with E-state index >= 15 is 0 Å². The second-order valence-corrected chi connectivity index (χ2v) is 5.96. The molecule has 0 fully saturated rings. The van der Waals surface area contributed by atoms with Crippen LogP contribution in [-0.4, -0.2) is 29.7 Å². The minimum Gasteiger partial charge on any atom is -0.320 e. The highest BCUT2D eigenvalue weighted by Crippen LogP contribution is 2.11. The summed E-state index contributed by atoms with van der Waals surface area (Å²) in [5.74, 6) is 5.89. The molecule has 7 nitrogen and oxygen atoms in total. The molecule has 0 saturated carbocycles. The zero-order valence-corrected chi connectivity index (χ0v) is 12.3. The van der Waals surface area contributed by atoms with Crippen molar-refractivity contribution < 1.29 is 8.42 Å². The van der Waals surface area contributed by atoms with E-state index in [0.29, 0.717) is 11.4 Å². The Labute approximate surface area is 123 Å². The molecule has 1 heterocycles. The second-order valence-electron chi connectivity index (χ2n) is 4.19. The molecule has 0 unspecified atom stereocenters. The molecule has 0 bridgehead atoms. The lowest BCUT2D eigenvalue weighted by Gasteiger charge is -2.05. The van der Waals surface area contributed by atoms with Crippen LogP contribution in [0.2, 0.25) is 0 Å². The minimum absolute atomic E-state index is 0.0296. The van der Waals surface area contributed by atoms with Gasteiger partial charge < -0.3 is 5.73 Å². The SMILES string of the molecule is Cn1cnc(CNS(=O)(=O)c2cccc(C#CCN)c2)n1. The molecule has 1 aromatic carbocycles. The van der Waals surface area contributed by atoms with Crippen molar-refractivity contribution in [3.63, 3.8) is 0 Å². The van der Waals surface area contributed by atoms with Crippen molar-refractivity contribution in [2.24, 2.45) is 12.8 Å². The molecule has 0 spiro atoms. The smallest absolute Gasteiger partial charge is 0.241 e. The third-order valence-electron chi connectivity index (χ3n) is 2.55. The van der Waals surface area contributed by atoms with Gasteiger partial charge in [0.1, 0.15) is 6.33 Å². The number of aryl methyl sites for hydroxylation is 1. The summed E-state index contributed by atoms with van der Waals surface area (Å²) in [7, 11) is -1.92. The van der Waals surface area contributed by atoms with E-state index in [4.69, 9.17) is 5.73 Å². The van der Waals surface area contributed by atoms with E-state index < -0.39 is 10.0 Å². The zero-order chi connectivity index (χ0) is 15.3. The maximum Gasteiger partial charge on any atom is 0.241 e. The number of hydrogen-bond acceptors (Lipinski definition) is 5. The summed E-state index contributed by atoms with van der Waals surface area (Å²) in [6.45, 7) is 0.252. The quantitative estimate of drug-likeness (QED) is 0.748. The van der Waals surface area contributed by atoms with Crippen molar-refractivity contribution in [3.8, 4) is 11.8 Å². The third-order valence-corrected chi connectivity index (χ3v) is 3.95. The summed E-state index contributed by atoms with van der Waals surface area (Å²) < 4.78 is 28.3. The Balaban J connectivity index is 2.15. The summed E-state index contributed by atoms with van der Waals surface area (Å²) >= 11 is 0. The molecule has 21 heavy (non-hydrogen) atoms. The van der Waals surface area contributed by atoms with Gasteiger partial charge in [0.2, 0.25) is 10.0 Å². The van der Waals surface area contributed by atoms with E-state index in [9.17, 15) is 8.42 Å². The monoisotopic (exact) mass is 305 g/mol. The Morgan fingerprint density at radius 3 is 2.90 bits per heavy atom.